The Morgan fingerprint density at radius 2 is 1.55 bits per heavy atom. The number of hydrogen-bond acceptors (Lipinski definition) is 7. The van der Waals surface area contributed by atoms with Crippen molar-refractivity contribution in [2.75, 3.05) is 48.1 Å². The lowest BCUT2D eigenvalue weighted by Gasteiger charge is -2.24. The molecule has 1 fully saturated rings. The van der Waals surface area contributed by atoms with Gasteiger partial charge in [-0.2, -0.15) is 0 Å². The van der Waals surface area contributed by atoms with Crippen LogP contribution in [0.3, 0.4) is 0 Å². The molecule has 7 nitrogen and oxygen atoms in total. The molecule has 7 heteroatoms. The van der Waals surface area contributed by atoms with Crippen LogP contribution in [0.25, 0.3) is 11.1 Å². The first-order valence-electron chi connectivity index (χ1n) is 9.55. The van der Waals surface area contributed by atoms with E-state index in [9.17, 15) is 4.79 Å². The summed E-state index contributed by atoms with van der Waals surface area (Å²) in [7, 11) is 6.39. The van der Waals surface area contributed by atoms with E-state index in [0.717, 1.165) is 29.8 Å². The first-order valence-corrected chi connectivity index (χ1v) is 9.55. The summed E-state index contributed by atoms with van der Waals surface area (Å²) in [4.78, 5) is 12.9. The molecule has 1 saturated heterocycles. The van der Waals surface area contributed by atoms with Crippen molar-refractivity contribution in [2.45, 2.75) is 12.5 Å². The molecule has 0 aromatic heterocycles. The Bertz CT molecular complexity index is 863. The number of methoxy groups -OCH3 is 4. The molecule has 0 aliphatic carbocycles. The number of nitrogens with one attached hydrogen (secondary N) is 2. The van der Waals surface area contributed by atoms with Crippen LogP contribution in [0.2, 0.25) is 0 Å². The molecule has 0 saturated carbocycles. The van der Waals surface area contributed by atoms with Gasteiger partial charge < -0.3 is 29.6 Å². The van der Waals surface area contributed by atoms with Crippen LogP contribution >= 0.6 is 0 Å². The fourth-order valence-corrected chi connectivity index (χ4v) is 3.53. The van der Waals surface area contributed by atoms with Crippen LogP contribution in [0.1, 0.15) is 5.56 Å². The SMILES string of the molecule is COc1ccc(-c2cc(OC)c(OC)cc2CC(=O)C2CNCCN2)cc1OC. The number of piperazine rings is 1. The summed E-state index contributed by atoms with van der Waals surface area (Å²) in [6, 6.07) is 9.26. The number of ether oxygens (including phenoxy) is 4. The van der Waals surface area contributed by atoms with Crippen molar-refractivity contribution in [3.05, 3.63) is 35.9 Å². The fraction of sp³-hybridized carbons (Fsp3) is 0.409. The maximum absolute atomic E-state index is 12.9. The van der Waals surface area contributed by atoms with Gasteiger partial charge in [-0.25, -0.2) is 0 Å². The van der Waals surface area contributed by atoms with Crippen molar-refractivity contribution in [1.82, 2.24) is 10.6 Å². The molecular formula is C22H28N2O5. The zero-order valence-electron chi connectivity index (χ0n) is 17.3. The molecule has 1 atom stereocenters. The lowest BCUT2D eigenvalue weighted by Crippen LogP contribution is -2.52. The normalized spacial score (nSPS) is 16.2. The van der Waals surface area contributed by atoms with E-state index in [4.69, 9.17) is 18.9 Å². The predicted molar refractivity (Wildman–Crippen MR) is 111 cm³/mol. The predicted octanol–water partition coefficient (Wildman–Crippen LogP) is 2.06. The average molecular weight is 400 g/mol. The molecule has 29 heavy (non-hydrogen) atoms. The Morgan fingerprint density at radius 3 is 2.17 bits per heavy atom. The average Bonchev–Trinajstić information content (AvgIpc) is 2.78. The van der Waals surface area contributed by atoms with Gasteiger partial charge in [0.2, 0.25) is 0 Å². The highest BCUT2D eigenvalue weighted by Gasteiger charge is 2.23. The maximum atomic E-state index is 12.9. The molecule has 0 amide bonds. The van der Waals surface area contributed by atoms with Gasteiger partial charge in [0, 0.05) is 26.1 Å². The van der Waals surface area contributed by atoms with Crippen molar-refractivity contribution in [3.8, 4) is 34.1 Å². The Morgan fingerprint density at radius 1 is 0.897 bits per heavy atom. The van der Waals surface area contributed by atoms with Crippen LogP contribution in [0, 0.1) is 0 Å². The third-order valence-electron chi connectivity index (χ3n) is 5.10. The van der Waals surface area contributed by atoms with Crippen molar-refractivity contribution >= 4 is 5.78 Å². The first-order chi connectivity index (χ1) is 14.1. The second kappa shape index (κ2) is 9.62. The van der Waals surface area contributed by atoms with Crippen molar-refractivity contribution in [3.63, 3.8) is 0 Å². The zero-order chi connectivity index (χ0) is 20.8. The van der Waals surface area contributed by atoms with E-state index in [-0.39, 0.29) is 18.2 Å². The number of carbonyl (C=O) groups is 1. The summed E-state index contributed by atoms with van der Waals surface area (Å²) in [5, 5.41) is 6.54. The standard InChI is InChI=1S/C22H28N2O5/c1-26-19-6-5-14(10-20(19)27-2)16-12-22(29-4)21(28-3)11-15(16)9-18(25)17-13-23-7-8-24-17/h5-6,10-12,17,23-24H,7-9,13H2,1-4H3. The summed E-state index contributed by atoms with van der Waals surface area (Å²) in [6.45, 7) is 2.29. The molecule has 2 aromatic carbocycles. The van der Waals surface area contributed by atoms with Crippen LogP contribution in [0.5, 0.6) is 23.0 Å². The molecule has 2 aromatic rings. The second-order valence-electron chi connectivity index (χ2n) is 6.79. The minimum Gasteiger partial charge on any atom is -0.493 e. The minimum atomic E-state index is -0.199. The summed E-state index contributed by atoms with van der Waals surface area (Å²) in [5.41, 5.74) is 2.66. The van der Waals surface area contributed by atoms with Gasteiger partial charge >= 0.3 is 0 Å². The highest BCUT2D eigenvalue weighted by molar-refractivity contribution is 5.89. The third kappa shape index (κ3) is 4.63. The van der Waals surface area contributed by atoms with Crippen molar-refractivity contribution < 1.29 is 23.7 Å². The van der Waals surface area contributed by atoms with Crippen LogP contribution in [0.4, 0.5) is 0 Å². The van der Waals surface area contributed by atoms with Crippen molar-refractivity contribution in [1.29, 1.82) is 0 Å². The second-order valence-corrected chi connectivity index (χ2v) is 6.79. The molecule has 1 aliphatic rings. The molecule has 1 aliphatic heterocycles. The molecule has 3 rings (SSSR count). The van der Waals surface area contributed by atoms with Gasteiger partial charge in [0.05, 0.1) is 34.5 Å². The zero-order valence-corrected chi connectivity index (χ0v) is 17.3. The van der Waals surface area contributed by atoms with E-state index in [1.807, 2.05) is 30.3 Å². The van der Waals surface area contributed by atoms with Crippen molar-refractivity contribution in [2.24, 2.45) is 0 Å². The highest BCUT2D eigenvalue weighted by atomic mass is 16.5. The molecule has 1 heterocycles. The minimum absolute atomic E-state index is 0.131. The number of rotatable bonds is 8. The highest BCUT2D eigenvalue weighted by Crippen LogP contribution is 2.39. The molecule has 1 unspecified atom stereocenters. The third-order valence-corrected chi connectivity index (χ3v) is 5.10. The molecule has 2 N–H and O–H groups in total. The van der Waals surface area contributed by atoms with Crippen LogP contribution in [-0.2, 0) is 11.2 Å². The van der Waals surface area contributed by atoms with E-state index in [1.54, 1.807) is 28.4 Å². The van der Waals surface area contributed by atoms with Gasteiger partial charge in [-0.15, -0.1) is 0 Å². The van der Waals surface area contributed by atoms with Crippen LogP contribution in [0.15, 0.2) is 30.3 Å². The van der Waals surface area contributed by atoms with E-state index in [1.165, 1.54) is 0 Å². The van der Waals surface area contributed by atoms with Crippen LogP contribution < -0.4 is 29.6 Å². The number of ketones is 1. The van der Waals surface area contributed by atoms with E-state index < -0.39 is 0 Å². The van der Waals surface area contributed by atoms with Gasteiger partial charge in [0.25, 0.3) is 0 Å². The lowest BCUT2D eigenvalue weighted by atomic mass is 9.93. The fourth-order valence-electron chi connectivity index (χ4n) is 3.53. The number of hydrogen-bond donors (Lipinski definition) is 2. The van der Waals surface area contributed by atoms with Crippen LogP contribution in [-0.4, -0.2) is 59.9 Å². The first kappa shape index (κ1) is 21.0. The van der Waals surface area contributed by atoms with Gasteiger partial charge in [0.1, 0.15) is 0 Å². The molecule has 156 valence electrons. The number of benzene rings is 2. The summed E-state index contributed by atoms with van der Waals surface area (Å²) in [6.07, 6.45) is 0.281. The monoisotopic (exact) mass is 400 g/mol. The molecular weight excluding hydrogens is 372 g/mol. The van der Waals surface area contributed by atoms with E-state index in [2.05, 4.69) is 10.6 Å². The summed E-state index contributed by atoms with van der Waals surface area (Å²) < 4.78 is 21.7. The smallest absolute Gasteiger partial charge is 0.161 e. The quantitative estimate of drug-likeness (QED) is 0.702. The Hall–Kier alpha value is -2.77. The Balaban J connectivity index is 2.03. The largest absolute Gasteiger partial charge is 0.493 e. The molecule has 0 radical (unpaired) electrons. The Labute approximate surface area is 171 Å². The van der Waals surface area contributed by atoms with Gasteiger partial charge in [-0.1, -0.05) is 6.07 Å². The summed E-state index contributed by atoms with van der Waals surface area (Å²) in [5.74, 6) is 2.59. The van der Waals surface area contributed by atoms with Gasteiger partial charge in [-0.05, 0) is 41.0 Å². The lowest BCUT2D eigenvalue weighted by molar-refractivity contribution is -0.120. The topological polar surface area (TPSA) is 78.1 Å². The molecule has 0 bridgehead atoms. The van der Waals surface area contributed by atoms with Gasteiger partial charge in [-0.3, -0.25) is 4.79 Å². The van der Waals surface area contributed by atoms with Gasteiger partial charge in [0.15, 0.2) is 28.8 Å². The molecule has 0 spiro atoms. The number of Topliss-reactive ketones (excluding diaryl/α,β-unsaturated/α-hetero) is 1. The summed E-state index contributed by atoms with van der Waals surface area (Å²) >= 11 is 0. The maximum Gasteiger partial charge on any atom is 0.161 e. The van der Waals surface area contributed by atoms with E-state index in [0.29, 0.717) is 29.5 Å². The Kier molecular flexibility index (Phi) is 6.95. The number of carbonyl (C=O) groups excluding carboxylic acids is 1. The van der Waals surface area contributed by atoms with E-state index >= 15 is 0 Å².